The van der Waals surface area contributed by atoms with Crippen molar-refractivity contribution in [2.75, 3.05) is 26.2 Å². The quantitative estimate of drug-likeness (QED) is 0.390. The average Bonchev–Trinajstić information content (AvgIpc) is 3.20. The lowest BCUT2D eigenvalue weighted by Crippen LogP contribution is -2.44. The molecular weight excluding hydrogens is 515 g/mol. The first-order valence-electron chi connectivity index (χ1n) is 11.4. The van der Waals surface area contributed by atoms with Crippen LogP contribution in [0.1, 0.15) is 40.7 Å². The number of carbonyl (C=O) groups is 3. The second kappa shape index (κ2) is 11.8. The zero-order valence-electron chi connectivity index (χ0n) is 19.6. The van der Waals surface area contributed by atoms with Crippen LogP contribution in [0.3, 0.4) is 0 Å². The fourth-order valence-corrected chi connectivity index (χ4v) is 4.47. The number of fused-ring (bicyclic) bond motifs is 2. The Morgan fingerprint density at radius 1 is 1.08 bits per heavy atom. The Labute approximate surface area is 216 Å². The minimum Gasteiger partial charge on any atom is -0.492 e. The molecule has 2 aliphatic heterocycles. The zero-order valence-corrected chi connectivity index (χ0v) is 20.4. The highest BCUT2D eigenvalue weighted by molar-refractivity contribution is 6.32. The molecule has 37 heavy (non-hydrogen) atoms. The largest absolute Gasteiger partial charge is 0.492 e. The Bertz CT molecular complexity index is 1190. The molecule has 0 aromatic heterocycles. The minimum atomic E-state index is -5.08. The van der Waals surface area contributed by atoms with Crippen molar-refractivity contribution in [3.05, 3.63) is 70.3 Å². The van der Waals surface area contributed by atoms with Gasteiger partial charge in [0.2, 0.25) is 0 Å². The summed E-state index contributed by atoms with van der Waals surface area (Å²) < 4.78 is 37.7. The van der Waals surface area contributed by atoms with Gasteiger partial charge >= 0.3 is 18.1 Å². The predicted molar refractivity (Wildman–Crippen MR) is 130 cm³/mol. The molecule has 0 unspecified atom stereocenters. The first-order valence-corrected chi connectivity index (χ1v) is 11.8. The van der Waals surface area contributed by atoms with Crippen LogP contribution in [0.5, 0.6) is 5.75 Å². The first-order chi connectivity index (χ1) is 17.4. The van der Waals surface area contributed by atoms with E-state index in [-0.39, 0.29) is 17.6 Å². The van der Waals surface area contributed by atoms with Crippen LogP contribution >= 0.6 is 11.6 Å². The monoisotopic (exact) mass is 539 g/mol. The second-order valence-corrected chi connectivity index (χ2v) is 9.19. The number of ketones is 1. The van der Waals surface area contributed by atoms with Gasteiger partial charge in [-0.25, -0.2) is 4.79 Å². The van der Waals surface area contributed by atoms with Crippen molar-refractivity contribution in [2.24, 2.45) is 0 Å². The van der Waals surface area contributed by atoms with Crippen molar-refractivity contribution >= 4 is 35.4 Å². The summed E-state index contributed by atoms with van der Waals surface area (Å²) in [6.07, 6.45) is 0.216. The van der Waals surface area contributed by atoms with Gasteiger partial charge in [-0.05, 0) is 55.8 Å². The maximum atomic E-state index is 12.6. The first kappa shape index (κ1) is 28.2. The Morgan fingerprint density at radius 3 is 2.32 bits per heavy atom. The lowest BCUT2D eigenvalue weighted by Gasteiger charge is -2.38. The van der Waals surface area contributed by atoms with E-state index >= 15 is 0 Å². The SMILES string of the molecule is O=C(O)C(F)(F)F.O=C(O)CCN1CCC2(CC1)COc1cc(C(=O)C=Cc3ccccc3Cl)ccc12. The molecule has 1 spiro atoms. The molecule has 1 saturated heterocycles. The van der Waals surface area contributed by atoms with E-state index in [1.54, 1.807) is 12.1 Å². The van der Waals surface area contributed by atoms with Gasteiger partial charge in [-0.1, -0.05) is 41.9 Å². The highest BCUT2D eigenvalue weighted by atomic mass is 35.5. The third-order valence-electron chi connectivity index (χ3n) is 6.36. The normalized spacial score (nSPS) is 16.5. The number of rotatable bonds is 6. The molecule has 4 rings (SSSR count). The smallest absolute Gasteiger partial charge is 0.490 e. The van der Waals surface area contributed by atoms with Gasteiger partial charge in [0, 0.05) is 28.1 Å². The molecule has 2 aromatic rings. The number of nitrogens with zero attached hydrogens (tertiary/aromatic N) is 1. The molecule has 2 heterocycles. The molecule has 0 radical (unpaired) electrons. The molecule has 0 aliphatic carbocycles. The lowest BCUT2D eigenvalue weighted by atomic mass is 9.74. The molecule has 0 saturated carbocycles. The van der Waals surface area contributed by atoms with Crippen LogP contribution in [0.4, 0.5) is 13.2 Å². The van der Waals surface area contributed by atoms with Crippen molar-refractivity contribution in [3.63, 3.8) is 0 Å². The van der Waals surface area contributed by atoms with E-state index in [2.05, 4.69) is 4.90 Å². The van der Waals surface area contributed by atoms with E-state index in [1.165, 1.54) is 6.08 Å². The summed E-state index contributed by atoms with van der Waals surface area (Å²) >= 11 is 6.14. The van der Waals surface area contributed by atoms with Gasteiger partial charge in [0.1, 0.15) is 5.75 Å². The standard InChI is InChI=1S/C24H24ClNO4.C2HF3O2/c25-20-4-2-1-3-17(20)6-8-21(27)18-5-7-19-22(15-18)30-16-24(19)10-13-26(14-11-24)12-9-23(28)29;3-2(4,5)1(6)7/h1-8,15H,9-14,16H2,(H,28,29);(H,6,7). The van der Waals surface area contributed by atoms with E-state index in [4.69, 9.17) is 31.3 Å². The maximum Gasteiger partial charge on any atom is 0.490 e. The number of alkyl halides is 3. The number of hydrogen-bond acceptors (Lipinski definition) is 5. The van der Waals surface area contributed by atoms with Crippen LogP contribution in [-0.4, -0.2) is 65.3 Å². The third kappa shape index (κ3) is 7.33. The van der Waals surface area contributed by atoms with Gasteiger partial charge in [0.05, 0.1) is 13.0 Å². The fraction of sp³-hybridized carbons (Fsp3) is 0.346. The van der Waals surface area contributed by atoms with Crippen molar-refractivity contribution in [3.8, 4) is 5.75 Å². The van der Waals surface area contributed by atoms with Gasteiger partial charge in [0.25, 0.3) is 0 Å². The molecule has 7 nitrogen and oxygen atoms in total. The van der Waals surface area contributed by atoms with E-state index < -0.39 is 18.1 Å². The summed E-state index contributed by atoms with van der Waals surface area (Å²) in [5.41, 5.74) is 2.52. The predicted octanol–water partition coefficient (Wildman–Crippen LogP) is 5.07. The molecule has 198 valence electrons. The minimum absolute atomic E-state index is 0.0377. The number of carbonyl (C=O) groups excluding carboxylic acids is 1. The van der Waals surface area contributed by atoms with E-state index in [0.29, 0.717) is 23.7 Å². The number of hydrogen-bond donors (Lipinski definition) is 2. The zero-order chi connectivity index (χ0) is 27.2. The number of carboxylic acid groups (broad SMARTS) is 2. The van der Waals surface area contributed by atoms with Crippen molar-refractivity contribution in [2.45, 2.75) is 30.9 Å². The van der Waals surface area contributed by atoms with Crippen molar-refractivity contribution in [1.29, 1.82) is 0 Å². The topological polar surface area (TPSA) is 104 Å². The Hall–Kier alpha value is -3.37. The summed E-state index contributed by atoms with van der Waals surface area (Å²) in [5, 5.41) is 16.6. The number of benzene rings is 2. The second-order valence-electron chi connectivity index (χ2n) is 8.79. The van der Waals surface area contributed by atoms with Gasteiger partial charge in [0.15, 0.2) is 5.78 Å². The Balaban J connectivity index is 0.000000479. The Morgan fingerprint density at radius 2 is 1.73 bits per heavy atom. The number of allylic oxidation sites excluding steroid dienone is 1. The molecule has 2 aliphatic rings. The summed E-state index contributed by atoms with van der Waals surface area (Å²) in [5.74, 6) is -2.82. The van der Waals surface area contributed by atoms with E-state index in [1.807, 2.05) is 36.4 Å². The van der Waals surface area contributed by atoms with Crippen LogP contribution in [0, 0.1) is 0 Å². The fourth-order valence-electron chi connectivity index (χ4n) is 4.27. The molecule has 2 aromatic carbocycles. The highest BCUT2D eigenvalue weighted by Crippen LogP contribution is 2.45. The molecular formula is C26H25ClF3NO6. The Kier molecular flexibility index (Phi) is 8.98. The molecule has 2 N–H and O–H groups in total. The molecule has 11 heteroatoms. The molecule has 0 atom stereocenters. The number of aliphatic carboxylic acids is 2. The van der Waals surface area contributed by atoms with Crippen LogP contribution in [0.15, 0.2) is 48.5 Å². The molecule has 1 fully saturated rings. The highest BCUT2D eigenvalue weighted by Gasteiger charge is 2.43. The lowest BCUT2D eigenvalue weighted by molar-refractivity contribution is -0.192. The van der Waals surface area contributed by atoms with Crippen LogP contribution in [-0.2, 0) is 15.0 Å². The molecule has 0 bridgehead atoms. The number of halogens is 4. The number of carboxylic acids is 2. The third-order valence-corrected chi connectivity index (χ3v) is 6.70. The number of ether oxygens (including phenoxy) is 1. The number of piperidine rings is 1. The van der Waals surface area contributed by atoms with Gasteiger partial charge in [-0.3, -0.25) is 9.59 Å². The van der Waals surface area contributed by atoms with E-state index in [0.717, 1.165) is 42.8 Å². The van der Waals surface area contributed by atoms with Crippen molar-refractivity contribution < 1.29 is 42.5 Å². The van der Waals surface area contributed by atoms with Gasteiger partial charge in [-0.15, -0.1) is 0 Å². The summed E-state index contributed by atoms with van der Waals surface area (Å²) in [7, 11) is 0. The average molecular weight is 540 g/mol. The van der Waals surface area contributed by atoms with E-state index in [9.17, 15) is 22.8 Å². The maximum absolute atomic E-state index is 12.6. The van der Waals surface area contributed by atoms with Crippen LogP contribution < -0.4 is 4.74 Å². The summed E-state index contributed by atoms with van der Waals surface area (Å²) in [6, 6.07) is 13.1. The van der Waals surface area contributed by atoms with Gasteiger partial charge in [-0.2, -0.15) is 13.2 Å². The van der Waals surface area contributed by atoms with Crippen LogP contribution in [0.2, 0.25) is 5.02 Å². The molecule has 0 amide bonds. The van der Waals surface area contributed by atoms with Crippen LogP contribution in [0.25, 0.3) is 6.08 Å². The van der Waals surface area contributed by atoms with Crippen molar-refractivity contribution in [1.82, 2.24) is 4.90 Å². The summed E-state index contributed by atoms with van der Waals surface area (Å²) in [6.45, 7) is 2.92. The summed E-state index contributed by atoms with van der Waals surface area (Å²) in [4.78, 5) is 34.5. The number of likely N-dealkylation sites (tertiary alicyclic amines) is 1. The van der Waals surface area contributed by atoms with Gasteiger partial charge < -0.3 is 19.8 Å².